The summed E-state index contributed by atoms with van der Waals surface area (Å²) in [6, 6.07) is 5.70. The molecular weight excluding hydrogens is 360 g/mol. The summed E-state index contributed by atoms with van der Waals surface area (Å²) in [6.45, 7) is 5.98. The molecule has 8 heteroatoms. The third-order valence-electron chi connectivity index (χ3n) is 5.06. The number of carbonyl (C=O) groups is 1. The van der Waals surface area contributed by atoms with Crippen molar-refractivity contribution in [2.75, 3.05) is 13.1 Å². The van der Waals surface area contributed by atoms with Crippen molar-refractivity contribution >= 4 is 12.2 Å². The van der Waals surface area contributed by atoms with E-state index in [0.717, 1.165) is 37.1 Å². The Bertz CT molecular complexity index is 845. The van der Waals surface area contributed by atoms with Crippen molar-refractivity contribution < 1.29 is 14.5 Å². The van der Waals surface area contributed by atoms with E-state index in [2.05, 4.69) is 15.3 Å². The number of benzene rings is 1. The molecule has 8 nitrogen and oxygen atoms in total. The molecule has 1 saturated heterocycles. The first kappa shape index (κ1) is 19.9. The largest absolute Gasteiger partial charge is 0.458 e. The summed E-state index contributed by atoms with van der Waals surface area (Å²) in [4.78, 5) is 30.9. The highest BCUT2D eigenvalue weighted by atomic mass is 16.6. The van der Waals surface area contributed by atoms with Gasteiger partial charge in [0.15, 0.2) is 17.5 Å². The summed E-state index contributed by atoms with van der Waals surface area (Å²) in [6.07, 6.45) is 2.90. The average Bonchev–Trinajstić information content (AvgIpc) is 2.67. The fourth-order valence-electron chi connectivity index (χ4n) is 3.85. The lowest BCUT2D eigenvalue weighted by Crippen LogP contribution is -2.29. The minimum absolute atomic E-state index is 0.153. The van der Waals surface area contributed by atoms with Gasteiger partial charge in [0, 0.05) is 5.56 Å². The Labute approximate surface area is 163 Å². The molecule has 1 aromatic heterocycles. The molecule has 1 fully saturated rings. The number of hydrogen-bond donors (Lipinski definition) is 1. The SMILES string of the molecule is Cc1cc(C)cc(-c2ncnc(C(CC3CCNCC3)OC=O)c2[N+](=O)[O-])c1. The maximum absolute atomic E-state index is 12.0. The van der Waals surface area contributed by atoms with Crippen LogP contribution >= 0.6 is 0 Å². The van der Waals surface area contributed by atoms with Crippen molar-refractivity contribution in [2.45, 2.75) is 39.2 Å². The molecule has 2 heterocycles. The second-order valence-corrected chi connectivity index (χ2v) is 7.24. The van der Waals surface area contributed by atoms with Crippen LogP contribution in [0.4, 0.5) is 5.69 Å². The predicted molar refractivity (Wildman–Crippen MR) is 104 cm³/mol. The van der Waals surface area contributed by atoms with Crippen LogP contribution in [0.15, 0.2) is 24.5 Å². The van der Waals surface area contributed by atoms with Gasteiger partial charge in [-0.05, 0) is 64.3 Å². The lowest BCUT2D eigenvalue weighted by Gasteiger charge is -2.25. The normalized spacial score (nSPS) is 15.8. The monoisotopic (exact) mass is 384 g/mol. The highest BCUT2D eigenvalue weighted by Gasteiger charge is 2.32. The van der Waals surface area contributed by atoms with Gasteiger partial charge in [-0.2, -0.15) is 0 Å². The summed E-state index contributed by atoms with van der Waals surface area (Å²) in [5, 5.41) is 15.2. The van der Waals surface area contributed by atoms with Gasteiger partial charge in [0.05, 0.1) is 4.92 Å². The summed E-state index contributed by atoms with van der Waals surface area (Å²) >= 11 is 0. The number of carbonyl (C=O) groups excluding carboxylic acids is 1. The van der Waals surface area contributed by atoms with Crippen molar-refractivity contribution in [3.63, 3.8) is 0 Å². The Morgan fingerprint density at radius 1 is 1.25 bits per heavy atom. The van der Waals surface area contributed by atoms with E-state index in [9.17, 15) is 14.9 Å². The number of nitrogens with one attached hydrogen (secondary N) is 1. The zero-order valence-corrected chi connectivity index (χ0v) is 16.1. The lowest BCUT2D eigenvalue weighted by atomic mass is 9.90. The van der Waals surface area contributed by atoms with Crippen molar-refractivity contribution in [1.29, 1.82) is 0 Å². The number of rotatable bonds is 7. The van der Waals surface area contributed by atoms with Gasteiger partial charge in [-0.15, -0.1) is 0 Å². The zero-order chi connectivity index (χ0) is 20.1. The molecule has 28 heavy (non-hydrogen) atoms. The molecule has 148 valence electrons. The maximum Gasteiger partial charge on any atom is 0.320 e. The summed E-state index contributed by atoms with van der Waals surface area (Å²) < 4.78 is 5.26. The minimum atomic E-state index is -0.770. The van der Waals surface area contributed by atoms with Crippen molar-refractivity contribution in [1.82, 2.24) is 15.3 Å². The molecule has 1 aromatic carbocycles. The van der Waals surface area contributed by atoms with E-state index in [-0.39, 0.29) is 17.1 Å². The molecule has 0 radical (unpaired) electrons. The molecule has 1 atom stereocenters. The molecule has 0 amide bonds. The van der Waals surface area contributed by atoms with Gasteiger partial charge in [-0.25, -0.2) is 9.97 Å². The van der Waals surface area contributed by atoms with Gasteiger partial charge in [-0.1, -0.05) is 17.2 Å². The van der Waals surface area contributed by atoms with Crippen LogP contribution in [0.2, 0.25) is 0 Å². The standard InChI is InChI=1S/C20H24N4O4/c1-13-7-14(2)9-16(8-13)18-20(24(26)27)19(23-11-22-18)17(28-12-25)10-15-3-5-21-6-4-15/h7-9,11-12,15,17,21H,3-6,10H2,1-2H3. The van der Waals surface area contributed by atoms with Crippen molar-refractivity contribution in [3.8, 4) is 11.3 Å². The second-order valence-electron chi connectivity index (χ2n) is 7.24. The molecule has 0 aliphatic carbocycles. The topological polar surface area (TPSA) is 107 Å². The van der Waals surface area contributed by atoms with Gasteiger partial charge in [0.1, 0.15) is 6.33 Å². The van der Waals surface area contributed by atoms with Crippen LogP contribution in [0.1, 0.15) is 42.2 Å². The fraction of sp³-hybridized carbons (Fsp3) is 0.450. The van der Waals surface area contributed by atoms with Crippen LogP contribution in [-0.4, -0.2) is 34.5 Å². The van der Waals surface area contributed by atoms with Crippen LogP contribution in [0.3, 0.4) is 0 Å². The van der Waals surface area contributed by atoms with E-state index in [4.69, 9.17) is 4.74 Å². The van der Waals surface area contributed by atoms with Gasteiger partial charge < -0.3 is 10.1 Å². The molecule has 3 rings (SSSR count). The molecule has 1 unspecified atom stereocenters. The average molecular weight is 384 g/mol. The number of piperidine rings is 1. The number of nitrogens with zero attached hydrogens (tertiary/aromatic N) is 3. The quantitative estimate of drug-likeness (QED) is 0.443. The summed E-state index contributed by atoms with van der Waals surface area (Å²) in [5.41, 5.74) is 2.82. The van der Waals surface area contributed by atoms with Crippen molar-refractivity contribution in [3.05, 3.63) is 51.5 Å². The Kier molecular flexibility index (Phi) is 6.30. The van der Waals surface area contributed by atoms with E-state index in [1.54, 1.807) is 0 Å². The Hall–Kier alpha value is -2.87. The van der Waals surface area contributed by atoms with E-state index >= 15 is 0 Å². The van der Waals surface area contributed by atoms with Crippen LogP contribution in [0, 0.1) is 29.9 Å². The lowest BCUT2D eigenvalue weighted by molar-refractivity contribution is -0.386. The van der Waals surface area contributed by atoms with Gasteiger partial charge in [0.25, 0.3) is 6.47 Å². The van der Waals surface area contributed by atoms with Gasteiger partial charge in [-0.3, -0.25) is 14.9 Å². The first-order chi connectivity index (χ1) is 13.5. The molecular formula is C20H24N4O4. The Morgan fingerprint density at radius 3 is 2.54 bits per heavy atom. The highest BCUT2D eigenvalue weighted by Crippen LogP contribution is 2.37. The van der Waals surface area contributed by atoms with Gasteiger partial charge >= 0.3 is 5.69 Å². The molecule has 1 aliphatic rings. The molecule has 2 aromatic rings. The second kappa shape index (κ2) is 8.88. The van der Waals surface area contributed by atoms with Crippen LogP contribution in [0.25, 0.3) is 11.3 Å². The van der Waals surface area contributed by atoms with Crippen LogP contribution in [0.5, 0.6) is 0 Å². The summed E-state index contributed by atoms with van der Waals surface area (Å²) in [7, 11) is 0. The Morgan fingerprint density at radius 2 is 1.93 bits per heavy atom. The fourth-order valence-corrected chi connectivity index (χ4v) is 3.85. The summed E-state index contributed by atoms with van der Waals surface area (Å²) in [5.74, 6) is 0.311. The van der Waals surface area contributed by atoms with Gasteiger partial charge in [0.2, 0.25) is 0 Å². The first-order valence-electron chi connectivity index (χ1n) is 9.37. The molecule has 0 bridgehead atoms. The maximum atomic E-state index is 12.0. The smallest absolute Gasteiger partial charge is 0.320 e. The number of aromatic nitrogens is 2. The predicted octanol–water partition coefficient (Wildman–Crippen LogP) is 3.27. The molecule has 0 saturated carbocycles. The highest BCUT2D eigenvalue weighted by molar-refractivity contribution is 5.72. The number of nitro groups is 1. The molecule has 0 spiro atoms. The van der Waals surface area contributed by atoms with E-state index in [0.29, 0.717) is 24.4 Å². The number of ether oxygens (including phenoxy) is 1. The minimum Gasteiger partial charge on any atom is -0.458 e. The zero-order valence-electron chi connectivity index (χ0n) is 16.1. The van der Waals surface area contributed by atoms with E-state index < -0.39 is 11.0 Å². The molecule has 1 N–H and O–H groups in total. The third kappa shape index (κ3) is 4.51. The number of aryl methyl sites for hydroxylation is 2. The number of hydrogen-bond acceptors (Lipinski definition) is 7. The third-order valence-corrected chi connectivity index (χ3v) is 5.06. The molecule has 1 aliphatic heterocycles. The van der Waals surface area contributed by atoms with Crippen molar-refractivity contribution in [2.24, 2.45) is 5.92 Å². The van der Waals surface area contributed by atoms with Crippen LogP contribution in [-0.2, 0) is 9.53 Å². The first-order valence-corrected chi connectivity index (χ1v) is 9.37. The van der Waals surface area contributed by atoms with Crippen LogP contribution < -0.4 is 5.32 Å². The van der Waals surface area contributed by atoms with E-state index in [1.807, 2.05) is 32.0 Å². The Balaban J connectivity index is 2.05. The van der Waals surface area contributed by atoms with E-state index in [1.165, 1.54) is 6.33 Å².